The van der Waals surface area contributed by atoms with Crippen LogP contribution in [0.4, 0.5) is 0 Å². The van der Waals surface area contributed by atoms with Crippen LogP contribution in [-0.2, 0) is 6.42 Å². The number of thiol groups is 2. The lowest BCUT2D eigenvalue weighted by Crippen LogP contribution is -2.00. The molecule has 2 rings (SSSR count). The molecule has 0 aliphatic carbocycles. The van der Waals surface area contributed by atoms with Gasteiger partial charge in [-0.05, 0) is 77.7 Å². The Morgan fingerprint density at radius 3 is 1.66 bits per heavy atom. The molecular weight excluding hydrogens is 549 g/mol. The molecular formula is C27H40O2S6. The Kier molecular flexibility index (Phi) is 19.8. The predicted molar refractivity (Wildman–Crippen MR) is 173 cm³/mol. The lowest BCUT2D eigenvalue weighted by Gasteiger charge is -2.09. The maximum absolute atomic E-state index is 5.99. The van der Waals surface area contributed by atoms with Crippen molar-refractivity contribution >= 4 is 72.3 Å². The average molecular weight is 589 g/mol. The van der Waals surface area contributed by atoms with Crippen LogP contribution in [0, 0.1) is 0 Å². The van der Waals surface area contributed by atoms with Crippen LogP contribution < -0.4 is 9.47 Å². The quantitative estimate of drug-likeness (QED) is 0.108. The summed E-state index contributed by atoms with van der Waals surface area (Å²) in [7, 11) is 0. The monoisotopic (exact) mass is 588 g/mol. The largest absolute Gasteiger partial charge is 0.494 e. The van der Waals surface area contributed by atoms with E-state index in [1.807, 2.05) is 47.0 Å². The Morgan fingerprint density at radius 1 is 0.543 bits per heavy atom. The fourth-order valence-corrected chi connectivity index (χ4v) is 7.54. The van der Waals surface area contributed by atoms with Gasteiger partial charge < -0.3 is 9.47 Å². The van der Waals surface area contributed by atoms with Gasteiger partial charge in [0.25, 0.3) is 0 Å². The topological polar surface area (TPSA) is 18.5 Å². The van der Waals surface area contributed by atoms with Gasteiger partial charge in [-0.1, -0.05) is 24.3 Å². The van der Waals surface area contributed by atoms with Gasteiger partial charge in [-0.15, -0.1) is 0 Å². The van der Waals surface area contributed by atoms with E-state index < -0.39 is 0 Å². The van der Waals surface area contributed by atoms with Gasteiger partial charge in [0.2, 0.25) is 0 Å². The minimum absolute atomic E-state index is 0.778. The molecule has 0 aromatic heterocycles. The van der Waals surface area contributed by atoms with Crippen LogP contribution in [0.25, 0.3) is 0 Å². The molecule has 2 aromatic carbocycles. The van der Waals surface area contributed by atoms with Crippen molar-refractivity contribution in [2.45, 2.75) is 19.3 Å². The molecule has 2 aromatic rings. The van der Waals surface area contributed by atoms with Crippen LogP contribution in [-0.4, -0.2) is 70.7 Å². The van der Waals surface area contributed by atoms with Crippen LogP contribution in [0.15, 0.2) is 48.5 Å². The highest BCUT2D eigenvalue weighted by Crippen LogP contribution is 2.20. The molecule has 0 amide bonds. The molecule has 2 nitrogen and oxygen atoms in total. The SMILES string of the molecule is SCCSCCSCCCOc1ccc(Cc2cccc(OCCCSCCSCCS)c2)cc1. The summed E-state index contributed by atoms with van der Waals surface area (Å²) in [6, 6.07) is 17.0. The Hall–Kier alpha value is 0.140. The fourth-order valence-electron chi connectivity index (χ4n) is 3.16. The maximum Gasteiger partial charge on any atom is 0.119 e. The molecule has 0 saturated carbocycles. The van der Waals surface area contributed by atoms with Crippen LogP contribution in [0.3, 0.4) is 0 Å². The third-order valence-corrected chi connectivity index (χ3v) is 10.5. The third-order valence-electron chi connectivity index (χ3n) is 4.85. The van der Waals surface area contributed by atoms with E-state index in [4.69, 9.17) is 9.47 Å². The smallest absolute Gasteiger partial charge is 0.119 e. The Bertz CT molecular complexity index is 760. The first-order valence-corrected chi connectivity index (χ1v) is 18.2. The van der Waals surface area contributed by atoms with Gasteiger partial charge >= 0.3 is 0 Å². The second-order valence-corrected chi connectivity index (χ2v) is 13.6. The van der Waals surface area contributed by atoms with Crippen LogP contribution >= 0.6 is 72.3 Å². The lowest BCUT2D eigenvalue weighted by atomic mass is 10.0. The molecule has 0 spiro atoms. The van der Waals surface area contributed by atoms with Gasteiger partial charge in [0, 0.05) is 34.5 Å². The molecule has 0 bridgehead atoms. The van der Waals surface area contributed by atoms with Crippen molar-refractivity contribution in [3.05, 3.63) is 59.7 Å². The van der Waals surface area contributed by atoms with Gasteiger partial charge in [0.15, 0.2) is 0 Å². The second kappa shape index (κ2) is 22.2. The standard InChI is InChI=1S/C27H40O2S6/c30-12-16-34-20-18-32-14-2-10-28-26-8-6-24(7-9-26)22-25-4-1-5-27(23-25)29-11-3-15-33-19-21-35-17-13-31/h1,4-9,23,30-31H,2-3,10-22H2. The first-order chi connectivity index (χ1) is 17.3. The average Bonchev–Trinajstić information content (AvgIpc) is 2.88. The van der Waals surface area contributed by atoms with E-state index in [-0.39, 0.29) is 0 Å². The van der Waals surface area contributed by atoms with E-state index in [0.29, 0.717) is 0 Å². The zero-order valence-corrected chi connectivity index (χ0v) is 25.6. The van der Waals surface area contributed by atoms with Crippen LogP contribution in [0.2, 0.25) is 0 Å². The summed E-state index contributed by atoms with van der Waals surface area (Å²) in [6.45, 7) is 1.56. The number of rotatable bonds is 22. The van der Waals surface area contributed by atoms with Crippen molar-refractivity contribution in [1.82, 2.24) is 0 Å². The minimum atomic E-state index is 0.778. The highest BCUT2D eigenvalue weighted by atomic mass is 32.2. The summed E-state index contributed by atoms with van der Waals surface area (Å²) in [5.41, 5.74) is 2.56. The van der Waals surface area contributed by atoms with Gasteiger partial charge in [0.05, 0.1) is 13.2 Å². The number of hydrogen-bond donors (Lipinski definition) is 2. The van der Waals surface area contributed by atoms with Gasteiger partial charge in [-0.25, -0.2) is 0 Å². The van der Waals surface area contributed by atoms with Gasteiger partial charge in [-0.2, -0.15) is 72.3 Å². The summed E-state index contributed by atoms with van der Waals surface area (Å²) < 4.78 is 11.9. The fraction of sp³-hybridized carbons (Fsp3) is 0.556. The molecule has 0 aliphatic rings. The minimum Gasteiger partial charge on any atom is -0.494 e. The second-order valence-electron chi connectivity index (χ2n) is 7.77. The molecule has 0 saturated heterocycles. The number of thioether (sulfide) groups is 4. The van der Waals surface area contributed by atoms with Crippen LogP contribution in [0.5, 0.6) is 11.5 Å². The van der Waals surface area contributed by atoms with E-state index in [1.165, 1.54) is 34.1 Å². The number of benzene rings is 2. The summed E-state index contributed by atoms with van der Waals surface area (Å²) >= 11 is 16.5. The van der Waals surface area contributed by atoms with Crippen molar-refractivity contribution in [3.8, 4) is 11.5 Å². The van der Waals surface area contributed by atoms with Crippen molar-refractivity contribution in [3.63, 3.8) is 0 Å². The molecule has 0 radical (unpaired) electrons. The summed E-state index contributed by atoms with van der Waals surface area (Å²) in [4.78, 5) is 0. The summed E-state index contributed by atoms with van der Waals surface area (Å²) in [5.74, 6) is 13.4. The molecule has 0 heterocycles. The van der Waals surface area contributed by atoms with Crippen molar-refractivity contribution in [2.75, 3.05) is 70.7 Å². The zero-order valence-electron chi connectivity index (χ0n) is 20.6. The highest BCUT2D eigenvalue weighted by molar-refractivity contribution is 8.03. The highest BCUT2D eigenvalue weighted by Gasteiger charge is 2.02. The third kappa shape index (κ3) is 16.6. The molecule has 0 atom stereocenters. The molecule has 0 fully saturated rings. The lowest BCUT2D eigenvalue weighted by molar-refractivity contribution is 0.318. The summed E-state index contributed by atoms with van der Waals surface area (Å²) in [6.07, 6.45) is 3.07. The molecule has 0 aliphatic heterocycles. The van der Waals surface area contributed by atoms with E-state index >= 15 is 0 Å². The molecule has 8 heteroatoms. The first-order valence-electron chi connectivity index (χ1n) is 12.3. The zero-order chi connectivity index (χ0) is 24.8. The van der Waals surface area contributed by atoms with Crippen molar-refractivity contribution in [1.29, 1.82) is 0 Å². The van der Waals surface area contributed by atoms with E-state index in [1.54, 1.807) is 0 Å². The number of hydrogen-bond acceptors (Lipinski definition) is 8. The maximum atomic E-state index is 5.99. The summed E-state index contributed by atoms with van der Waals surface area (Å²) in [5, 5.41) is 0. The first kappa shape index (κ1) is 31.4. The predicted octanol–water partition coefficient (Wildman–Crippen LogP) is 7.61. The molecule has 0 N–H and O–H groups in total. The normalized spacial score (nSPS) is 11.0. The Labute approximate surface area is 241 Å². The Balaban J connectivity index is 1.58. The number of ether oxygens (including phenoxy) is 2. The van der Waals surface area contributed by atoms with E-state index in [9.17, 15) is 0 Å². The van der Waals surface area contributed by atoms with Crippen LogP contribution in [0.1, 0.15) is 24.0 Å². The van der Waals surface area contributed by atoms with Gasteiger partial charge in [-0.3, -0.25) is 0 Å². The van der Waals surface area contributed by atoms with E-state index in [0.717, 1.165) is 78.5 Å². The Morgan fingerprint density at radius 2 is 1.09 bits per heavy atom. The molecule has 0 unspecified atom stereocenters. The van der Waals surface area contributed by atoms with Gasteiger partial charge in [0.1, 0.15) is 11.5 Å². The van der Waals surface area contributed by atoms with E-state index in [2.05, 4.69) is 73.8 Å². The molecule has 35 heavy (non-hydrogen) atoms. The molecule has 196 valence electrons. The van der Waals surface area contributed by atoms with Crippen molar-refractivity contribution < 1.29 is 9.47 Å². The van der Waals surface area contributed by atoms with Crippen molar-refractivity contribution in [2.24, 2.45) is 0 Å².